The monoisotopic (exact) mass is 533 g/mol. The Morgan fingerprint density at radius 1 is 1.00 bits per heavy atom. The van der Waals surface area contributed by atoms with Crippen molar-refractivity contribution in [2.24, 2.45) is 0 Å². The molecule has 9 nitrogen and oxygen atoms in total. The number of para-hydroxylation sites is 1. The van der Waals surface area contributed by atoms with Crippen LogP contribution in [-0.2, 0) is 20.9 Å². The van der Waals surface area contributed by atoms with Gasteiger partial charge in [-0.05, 0) is 48.4 Å². The number of hydrogen-bond donors (Lipinski definition) is 1. The predicted molar refractivity (Wildman–Crippen MR) is 142 cm³/mol. The first-order valence-electron chi connectivity index (χ1n) is 12.3. The third kappa shape index (κ3) is 5.74. The van der Waals surface area contributed by atoms with Crippen LogP contribution in [0.2, 0.25) is 0 Å². The third-order valence-electron chi connectivity index (χ3n) is 6.49. The minimum absolute atomic E-state index is 0.0254. The molecule has 10 heteroatoms. The number of nitrogens with zero attached hydrogens (tertiary/aromatic N) is 2. The Kier molecular flexibility index (Phi) is 8.24. The molecule has 1 unspecified atom stereocenters. The van der Waals surface area contributed by atoms with E-state index in [1.54, 1.807) is 43.3 Å². The molecule has 1 atom stereocenters. The van der Waals surface area contributed by atoms with Crippen LogP contribution in [-0.4, -0.2) is 55.2 Å². The molecule has 1 N–H and O–H groups in total. The lowest BCUT2D eigenvalue weighted by atomic mass is 10.1. The summed E-state index contributed by atoms with van der Waals surface area (Å²) < 4.78 is 24.1. The van der Waals surface area contributed by atoms with Gasteiger partial charge in [0.2, 0.25) is 11.8 Å². The number of carbonyl (C=O) groups is 4. The highest BCUT2D eigenvalue weighted by Crippen LogP contribution is 2.31. The van der Waals surface area contributed by atoms with Gasteiger partial charge in [-0.15, -0.1) is 0 Å². The number of ether oxygens (including phenoxy) is 2. The first-order chi connectivity index (χ1) is 18.8. The molecule has 1 heterocycles. The van der Waals surface area contributed by atoms with Crippen molar-refractivity contribution in [3.63, 3.8) is 0 Å². The lowest BCUT2D eigenvalue weighted by Crippen LogP contribution is -2.50. The Morgan fingerprint density at radius 3 is 2.38 bits per heavy atom. The Morgan fingerprint density at radius 2 is 1.72 bits per heavy atom. The molecule has 0 saturated carbocycles. The maximum absolute atomic E-state index is 13.7. The van der Waals surface area contributed by atoms with Crippen molar-refractivity contribution in [3.8, 4) is 11.5 Å². The highest BCUT2D eigenvalue weighted by molar-refractivity contribution is 6.52. The number of Topliss-reactive ketones (excluding diaryl/α,β-unsaturated/α-hetero) is 1. The maximum atomic E-state index is 13.7. The highest BCUT2D eigenvalue weighted by Gasteiger charge is 2.38. The predicted octanol–water partition coefficient (Wildman–Crippen LogP) is 3.82. The quantitative estimate of drug-likeness (QED) is 0.398. The summed E-state index contributed by atoms with van der Waals surface area (Å²) in [4.78, 5) is 54.9. The number of methoxy groups -OCH3 is 2. The zero-order valence-electron chi connectivity index (χ0n) is 21.8. The summed E-state index contributed by atoms with van der Waals surface area (Å²) in [5.74, 6) is -2.08. The number of halogens is 1. The van der Waals surface area contributed by atoms with E-state index in [2.05, 4.69) is 5.32 Å². The van der Waals surface area contributed by atoms with E-state index in [1.807, 2.05) is 0 Å². The Balaban J connectivity index is 1.63. The van der Waals surface area contributed by atoms with Crippen molar-refractivity contribution in [2.45, 2.75) is 25.9 Å². The van der Waals surface area contributed by atoms with Gasteiger partial charge < -0.3 is 19.7 Å². The molecule has 1 aliphatic rings. The normalized spacial score (nSPS) is 13.1. The molecule has 0 radical (unpaired) electrons. The largest absolute Gasteiger partial charge is 0.497 e. The van der Waals surface area contributed by atoms with E-state index in [9.17, 15) is 23.6 Å². The first-order valence-corrected chi connectivity index (χ1v) is 12.3. The molecule has 0 aromatic heterocycles. The summed E-state index contributed by atoms with van der Waals surface area (Å²) >= 11 is 0. The zero-order valence-corrected chi connectivity index (χ0v) is 21.8. The number of ketones is 1. The Bertz CT molecular complexity index is 1410. The van der Waals surface area contributed by atoms with Gasteiger partial charge in [-0.2, -0.15) is 0 Å². The minimum Gasteiger partial charge on any atom is -0.497 e. The van der Waals surface area contributed by atoms with Gasteiger partial charge in [0.1, 0.15) is 29.9 Å². The summed E-state index contributed by atoms with van der Waals surface area (Å²) in [6.07, 6.45) is 0.237. The van der Waals surface area contributed by atoms with Gasteiger partial charge in [0.25, 0.3) is 11.7 Å². The second-order valence-electron chi connectivity index (χ2n) is 8.87. The van der Waals surface area contributed by atoms with Crippen LogP contribution in [0.1, 0.15) is 29.3 Å². The number of fused-ring (bicyclic) bond motifs is 1. The van der Waals surface area contributed by atoms with E-state index in [1.165, 1.54) is 49.5 Å². The Labute approximate surface area is 225 Å². The van der Waals surface area contributed by atoms with Crippen molar-refractivity contribution in [1.29, 1.82) is 0 Å². The number of benzene rings is 3. The maximum Gasteiger partial charge on any atom is 0.299 e. The van der Waals surface area contributed by atoms with Crippen LogP contribution in [0.25, 0.3) is 0 Å². The van der Waals surface area contributed by atoms with Crippen LogP contribution in [0, 0.1) is 5.82 Å². The van der Waals surface area contributed by atoms with E-state index >= 15 is 0 Å². The van der Waals surface area contributed by atoms with Gasteiger partial charge in [-0.25, -0.2) is 4.39 Å². The fraction of sp³-hybridized carbons (Fsp3) is 0.241. The second kappa shape index (κ2) is 11.8. The van der Waals surface area contributed by atoms with E-state index < -0.39 is 41.9 Å². The van der Waals surface area contributed by atoms with Crippen molar-refractivity contribution < 1.29 is 33.0 Å². The van der Waals surface area contributed by atoms with E-state index in [-0.39, 0.29) is 18.5 Å². The lowest BCUT2D eigenvalue weighted by molar-refractivity contribution is -0.138. The molecule has 3 amide bonds. The second-order valence-corrected chi connectivity index (χ2v) is 8.87. The van der Waals surface area contributed by atoms with Crippen LogP contribution >= 0.6 is 0 Å². The molecule has 39 heavy (non-hydrogen) atoms. The third-order valence-corrected chi connectivity index (χ3v) is 6.49. The number of amides is 3. The summed E-state index contributed by atoms with van der Waals surface area (Å²) in [6.45, 7) is 1.28. The van der Waals surface area contributed by atoms with Crippen molar-refractivity contribution in [3.05, 3.63) is 83.7 Å². The van der Waals surface area contributed by atoms with Crippen molar-refractivity contribution in [2.75, 3.05) is 31.0 Å². The van der Waals surface area contributed by atoms with Gasteiger partial charge in [-0.1, -0.05) is 31.2 Å². The van der Waals surface area contributed by atoms with Crippen molar-refractivity contribution in [1.82, 2.24) is 4.90 Å². The smallest absolute Gasteiger partial charge is 0.299 e. The first kappa shape index (κ1) is 27.3. The molecule has 0 aliphatic carbocycles. The number of anilines is 2. The average molecular weight is 534 g/mol. The summed E-state index contributed by atoms with van der Waals surface area (Å²) in [5, 5.41) is 2.81. The van der Waals surface area contributed by atoms with Gasteiger partial charge in [0, 0.05) is 12.6 Å². The van der Waals surface area contributed by atoms with Crippen LogP contribution in [0.15, 0.2) is 66.7 Å². The van der Waals surface area contributed by atoms with Crippen molar-refractivity contribution >= 4 is 34.9 Å². The number of carbonyl (C=O) groups excluding carboxylic acids is 4. The number of rotatable bonds is 10. The van der Waals surface area contributed by atoms with E-state index in [0.717, 1.165) is 4.90 Å². The van der Waals surface area contributed by atoms with E-state index in [0.29, 0.717) is 28.4 Å². The molecule has 0 spiro atoms. The SMILES string of the molecule is CCC(C(=O)Nc1ccc(OC)cc1OC)N(Cc1ccc(F)cc1)C(=O)CN1C(=O)C(=O)c2ccccc21. The van der Waals surface area contributed by atoms with Crippen LogP contribution in [0.5, 0.6) is 11.5 Å². The van der Waals surface area contributed by atoms with Gasteiger partial charge in [0.15, 0.2) is 0 Å². The van der Waals surface area contributed by atoms with E-state index in [4.69, 9.17) is 9.47 Å². The molecule has 0 saturated heterocycles. The topological polar surface area (TPSA) is 105 Å². The minimum atomic E-state index is -0.960. The fourth-order valence-electron chi connectivity index (χ4n) is 4.46. The summed E-state index contributed by atoms with van der Waals surface area (Å²) in [5.41, 5.74) is 1.52. The molecule has 3 aromatic carbocycles. The molecular formula is C29H28FN3O6. The molecule has 202 valence electrons. The molecule has 4 rings (SSSR count). The molecule has 1 aliphatic heterocycles. The average Bonchev–Trinajstić information content (AvgIpc) is 3.19. The summed E-state index contributed by atoms with van der Waals surface area (Å²) in [6, 6.07) is 15.9. The van der Waals surface area contributed by atoms with Gasteiger partial charge >= 0.3 is 0 Å². The molecular weight excluding hydrogens is 505 g/mol. The van der Waals surface area contributed by atoms with Gasteiger partial charge in [-0.3, -0.25) is 24.1 Å². The number of nitrogens with one attached hydrogen (secondary N) is 1. The molecule has 3 aromatic rings. The lowest BCUT2D eigenvalue weighted by Gasteiger charge is -2.32. The molecule has 0 fully saturated rings. The van der Waals surface area contributed by atoms with Crippen LogP contribution < -0.4 is 19.7 Å². The number of hydrogen-bond acceptors (Lipinski definition) is 6. The van der Waals surface area contributed by atoms with Gasteiger partial charge in [0.05, 0.1) is 31.2 Å². The van der Waals surface area contributed by atoms with Crippen LogP contribution in [0.4, 0.5) is 15.8 Å². The molecule has 0 bridgehead atoms. The summed E-state index contributed by atoms with van der Waals surface area (Å²) in [7, 11) is 2.97. The Hall–Kier alpha value is -4.73. The standard InChI is InChI=1S/C29H28FN3O6/c1-4-23(28(36)31-22-14-13-20(38-2)15-25(22)39-3)32(16-18-9-11-19(30)12-10-18)26(34)17-33-24-8-6-5-7-21(24)27(35)29(33)37/h5-15,23H,4,16-17H2,1-3H3,(H,31,36). The fourth-order valence-corrected chi connectivity index (χ4v) is 4.46. The highest BCUT2D eigenvalue weighted by atomic mass is 19.1. The van der Waals surface area contributed by atoms with Crippen LogP contribution in [0.3, 0.4) is 0 Å². The zero-order chi connectivity index (χ0) is 28.1.